The molecule has 0 saturated carbocycles. The second kappa shape index (κ2) is 10.5. The van der Waals surface area contributed by atoms with Gasteiger partial charge in [0.25, 0.3) is 0 Å². The van der Waals surface area contributed by atoms with Crippen LogP contribution in [0, 0.1) is 5.92 Å². The van der Waals surface area contributed by atoms with E-state index in [2.05, 4.69) is 28.1 Å². The predicted octanol–water partition coefficient (Wildman–Crippen LogP) is 2.61. The van der Waals surface area contributed by atoms with Crippen LogP contribution >= 0.6 is 11.8 Å². The topological polar surface area (TPSA) is 90.5 Å². The van der Waals surface area contributed by atoms with Gasteiger partial charge in [0.2, 0.25) is 17.7 Å². The summed E-state index contributed by atoms with van der Waals surface area (Å²) in [6.45, 7) is 9.60. The maximum absolute atomic E-state index is 13.6. The fourth-order valence-corrected chi connectivity index (χ4v) is 5.81. The second-order valence-corrected chi connectivity index (χ2v) is 11.6. The molecule has 182 valence electrons. The van der Waals surface area contributed by atoms with Gasteiger partial charge in [-0.1, -0.05) is 38.1 Å². The summed E-state index contributed by atoms with van der Waals surface area (Å²) in [7, 11) is 1.71. The van der Waals surface area contributed by atoms with Crippen LogP contribution in [0.4, 0.5) is 0 Å². The minimum absolute atomic E-state index is 0.0436. The number of aryl methyl sites for hydroxylation is 1. The van der Waals surface area contributed by atoms with Gasteiger partial charge < -0.3 is 20.9 Å². The number of amides is 3. The number of likely N-dealkylation sites (N-methyl/N-ethyl adjacent to an activating group) is 1. The molecule has 1 saturated heterocycles. The van der Waals surface area contributed by atoms with Crippen LogP contribution in [-0.2, 0) is 20.8 Å². The van der Waals surface area contributed by atoms with Crippen molar-refractivity contribution in [2.24, 2.45) is 5.92 Å². The average molecular weight is 475 g/mol. The molecule has 1 heterocycles. The fraction of sp³-hybridized carbons (Fsp3) is 0.640. The monoisotopic (exact) mass is 474 g/mol. The second-order valence-electron chi connectivity index (χ2n) is 9.98. The molecule has 0 radical (unpaired) electrons. The summed E-state index contributed by atoms with van der Waals surface area (Å²) in [4.78, 5) is 41.4. The molecular weight excluding hydrogens is 436 g/mol. The normalized spacial score (nSPS) is 23.5. The number of nitrogens with zero attached hydrogens (tertiary/aromatic N) is 1. The number of hydrogen-bond donors (Lipinski definition) is 3. The first kappa shape index (κ1) is 25.6. The molecule has 1 aromatic rings. The minimum Gasteiger partial charge on any atom is -0.347 e. The van der Waals surface area contributed by atoms with Crippen molar-refractivity contribution in [3.63, 3.8) is 0 Å². The molecule has 8 heteroatoms. The highest BCUT2D eigenvalue weighted by molar-refractivity contribution is 8.00. The van der Waals surface area contributed by atoms with E-state index in [0.29, 0.717) is 5.88 Å². The van der Waals surface area contributed by atoms with Crippen molar-refractivity contribution in [3.05, 3.63) is 35.4 Å². The number of thioether (sulfide) groups is 1. The van der Waals surface area contributed by atoms with Crippen LogP contribution in [0.5, 0.6) is 0 Å². The third-order valence-electron chi connectivity index (χ3n) is 6.82. The van der Waals surface area contributed by atoms with Crippen LogP contribution in [0.2, 0.25) is 0 Å². The van der Waals surface area contributed by atoms with Gasteiger partial charge in [-0.3, -0.25) is 14.4 Å². The highest BCUT2D eigenvalue weighted by Crippen LogP contribution is 2.40. The van der Waals surface area contributed by atoms with E-state index >= 15 is 0 Å². The SMILES string of the molecule is CNC(C)C(=O)NC(C(=O)N1CSC(C)(C)C1C(=O)NC1CCCc2ccccc21)C(C)C. The lowest BCUT2D eigenvalue weighted by Crippen LogP contribution is -2.60. The number of benzene rings is 1. The summed E-state index contributed by atoms with van der Waals surface area (Å²) in [6.07, 6.45) is 2.95. The molecule has 4 unspecified atom stereocenters. The zero-order valence-electron chi connectivity index (χ0n) is 20.6. The van der Waals surface area contributed by atoms with Crippen molar-refractivity contribution < 1.29 is 14.4 Å². The Morgan fingerprint density at radius 1 is 1.15 bits per heavy atom. The number of carbonyl (C=O) groups excluding carboxylic acids is 3. The number of fused-ring (bicyclic) bond motifs is 1. The molecule has 3 N–H and O–H groups in total. The summed E-state index contributed by atoms with van der Waals surface area (Å²) in [5, 5.41) is 9.05. The maximum atomic E-state index is 13.6. The Hall–Kier alpha value is -2.06. The van der Waals surface area contributed by atoms with Gasteiger partial charge in [0.15, 0.2) is 0 Å². The Balaban J connectivity index is 1.80. The molecule has 2 aliphatic rings. The Labute approximate surface area is 201 Å². The lowest BCUT2D eigenvalue weighted by atomic mass is 9.87. The zero-order valence-corrected chi connectivity index (χ0v) is 21.4. The van der Waals surface area contributed by atoms with Gasteiger partial charge in [-0.2, -0.15) is 0 Å². The Bertz CT molecular complexity index is 888. The van der Waals surface area contributed by atoms with Gasteiger partial charge in [-0.05, 0) is 64.1 Å². The van der Waals surface area contributed by atoms with E-state index in [0.717, 1.165) is 19.3 Å². The Morgan fingerprint density at radius 3 is 2.52 bits per heavy atom. The maximum Gasteiger partial charge on any atom is 0.246 e. The molecule has 1 aliphatic carbocycles. The number of rotatable bonds is 7. The molecule has 3 amide bonds. The van der Waals surface area contributed by atoms with E-state index in [1.54, 1.807) is 30.6 Å². The quantitative estimate of drug-likeness (QED) is 0.565. The van der Waals surface area contributed by atoms with Gasteiger partial charge in [0, 0.05) is 4.75 Å². The first-order valence-corrected chi connectivity index (χ1v) is 12.9. The number of carbonyl (C=O) groups is 3. The van der Waals surface area contributed by atoms with E-state index in [-0.39, 0.29) is 29.7 Å². The largest absolute Gasteiger partial charge is 0.347 e. The van der Waals surface area contributed by atoms with Crippen molar-refractivity contribution in [1.82, 2.24) is 20.9 Å². The standard InChI is InChI=1S/C25H38N4O3S/c1-15(2)20(28-22(30)16(3)26-6)24(32)29-14-33-25(4,5)21(29)23(31)27-19-13-9-11-17-10-7-8-12-18(17)19/h7-8,10,12,15-16,19-21,26H,9,11,13-14H2,1-6H3,(H,27,31)(H,28,30). The molecule has 7 nitrogen and oxygen atoms in total. The smallest absolute Gasteiger partial charge is 0.246 e. The van der Waals surface area contributed by atoms with Crippen LogP contribution in [0.25, 0.3) is 0 Å². The van der Waals surface area contributed by atoms with Crippen LogP contribution in [0.15, 0.2) is 24.3 Å². The van der Waals surface area contributed by atoms with E-state index in [1.807, 2.05) is 39.8 Å². The van der Waals surface area contributed by atoms with Crippen molar-refractivity contribution >= 4 is 29.5 Å². The van der Waals surface area contributed by atoms with Crippen LogP contribution < -0.4 is 16.0 Å². The summed E-state index contributed by atoms with van der Waals surface area (Å²) in [5.74, 6) is -0.240. The number of nitrogens with one attached hydrogen (secondary N) is 3. The summed E-state index contributed by atoms with van der Waals surface area (Å²) < 4.78 is -0.433. The predicted molar refractivity (Wildman–Crippen MR) is 133 cm³/mol. The third-order valence-corrected chi connectivity index (χ3v) is 8.19. The molecule has 1 aromatic carbocycles. The number of hydrogen-bond acceptors (Lipinski definition) is 5. The summed E-state index contributed by atoms with van der Waals surface area (Å²) in [5.41, 5.74) is 2.45. The van der Waals surface area contributed by atoms with Crippen molar-refractivity contribution in [2.45, 2.75) is 82.8 Å². The highest BCUT2D eigenvalue weighted by Gasteiger charge is 2.50. The molecular formula is C25H38N4O3S. The molecule has 1 fully saturated rings. The Morgan fingerprint density at radius 2 is 1.85 bits per heavy atom. The fourth-order valence-electron chi connectivity index (χ4n) is 4.67. The Kier molecular flexibility index (Phi) is 8.11. The highest BCUT2D eigenvalue weighted by atomic mass is 32.2. The summed E-state index contributed by atoms with van der Waals surface area (Å²) in [6, 6.07) is 6.51. The van der Waals surface area contributed by atoms with Gasteiger partial charge in [-0.15, -0.1) is 11.8 Å². The van der Waals surface area contributed by atoms with E-state index in [1.165, 1.54) is 11.1 Å². The molecule has 3 rings (SSSR count). The third kappa shape index (κ3) is 5.54. The van der Waals surface area contributed by atoms with Crippen LogP contribution in [0.1, 0.15) is 64.6 Å². The molecule has 33 heavy (non-hydrogen) atoms. The van der Waals surface area contributed by atoms with Gasteiger partial charge >= 0.3 is 0 Å². The first-order chi connectivity index (χ1) is 15.6. The van der Waals surface area contributed by atoms with E-state index < -0.39 is 22.9 Å². The molecule has 0 aromatic heterocycles. The van der Waals surface area contributed by atoms with Gasteiger partial charge in [0.05, 0.1) is 18.0 Å². The molecule has 0 bridgehead atoms. The molecule has 0 spiro atoms. The minimum atomic E-state index is -0.687. The van der Waals surface area contributed by atoms with Gasteiger partial charge in [0.1, 0.15) is 12.1 Å². The molecule has 4 atom stereocenters. The first-order valence-electron chi connectivity index (χ1n) is 11.9. The van der Waals surface area contributed by atoms with Crippen molar-refractivity contribution in [3.8, 4) is 0 Å². The lowest BCUT2D eigenvalue weighted by Gasteiger charge is -2.35. The van der Waals surface area contributed by atoms with Crippen LogP contribution in [-0.4, -0.2) is 58.4 Å². The van der Waals surface area contributed by atoms with Gasteiger partial charge in [-0.25, -0.2) is 0 Å². The van der Waals surface area contributed by atoms with Crippen molar-refractivity contribution in [2.75, 3.05) is 12.9 Å². The van der Waals surface area contributed by atoms with E-state index in [4.69, 9.17) is 0 Å². The molecule has 1 aliphatic heterocycles. The average Bonchev–Trinajstić information content (AvgIpc) is 3.11. The lowest BCUT2D eigenvalue weighted by molar-refractivity contribution is -0.143. The van der Waals surface area contributed by atoms with Crippen molar-refractivity contribution in [1.29, 1.82) is 0 Å². The zero-order chi connectivity index (χ0) is 24.3. The van der Waals surface area contributed by atoms with Crippen LogP contribution in [0.3, 0.4) is 0 Å². The summed E-state index contributed by atoms with van der Waals surface area (Å²) >= 11 is 1.60. The van der Waals surface area contributed by atoms with E-state index in [9.17, 15) is 14.4 Å².